The SMILES string of the molecule is CC(=O)c1ccc(N(C)CC(F)(F)F)o1. The van der Waals surface area contributed by atoms with E-state index in [0.29, 0.717) is 0 Å². The molecule has 3 nitrogen and oxygen atoms in total. The summed E-state index contributed by atoms with van der Waals surface area (Å²) in [5, 5.41) is 0. The maximum Gasteiger partial charge on any atom is 0.406 e. The van der Waals surface area contributed by atoms with Gasteiger partial charge in [-0.05, 0) is 6.07 Å². The molecule has 0 spiro atoms. The number of halogens is 3. The first-order valence-corrected chi connectivity index (χ1v) is 4.18. The summed E-state index contributed by atoms with van der Waals surface area (Å²) < 4.78 is 40.9. The lowest BCUT2D eigenvalue weighted by molar-refractivity contribution is -0.119. The number of furan rings is 1. The topological polar surface area (TPSA) is 33.5 Å². The lowest BCUT2D eigenvalue weighted by Gasteiger charge is -2.17. The highest BCUT2D eigenvalue weighted by Gasteiger charge is 2.30. The Kier molecular flexibility index (Phi) is 3.06. The van der Waals surface area contributed by atoms with Crippen molar-refractivity contribution in [1.29, 1.82) is 0 Å². The fourth-order valence-electron chi connectivity index (χ4n) is 1.07. The van der Waals surface area contributed by atoms with E-state index < -0.39 is 12.7 Å². The lowest BCUT2D eigenvalue weighted by atomic mass is 10.3. The fourth-order valence-corrected chi connectivity index (χ4v) is 1.07. The molecule has 0 aliphatic rings. The smallest absolute Gasteiger partial charge is 0.406 e. The van der Waals surface area contributed by atoms with Gasteiger partial charge in [0.1, 0.15) is 6.54 Å². The van der Waals surface area contributed by atoms with Gasteiger partial charge in [0.2, 0.25) is 0 Å². The van der Waals surface area contributed by atoms with Crippen LogP contribution in [0.15, 0.2) is 16.5 Å². The average molecular weight is 221 g/mol. The van der Waals surface area contributed by atoms with E-state index in [1.54, 1.807) is 0 Å². The highest BCUT2D eigenvalue weighted by molar-refractivity contribution is 5.91. The van der Waals surface area contributed by atoms with Crippen LogP contribution < -0.4 is 4.90 Å². The molecule has 6 heteroatoms. The van der Waals surface area contributed by atoms with Crippen LogP contribution in [0, 0.1) is 0 Å². The van der Waals surface area contributed by atoms with E-state index in [1.807, 2.05) is 0 Å². The van der Waals surface area contributed by atoms with Gasteiger partial charge in [0.25, 0.3) is 0 Å². The van der Waals surface area contributed by atoms with Gasteiger partial charge in [-0.3, -0.25) is 4.79 Å². The van der Waals surface area contributed by atoms with E-state index in [1.165, 1.54) is 26.1 Å². The van der Waals surface area contributed by atoms with Crippen LogP contribution in [0.3, 0.4) is 0 Å². The normalized spacial score (nSPS) is 11.5. The quantitative estimate of drug-likeness (QED) is 0.735. The molecule has 84 valence electrons. The van der Waals surface area contributed by atoms with E-state index in [0.717, 1.165) is 4.90 Å². The monoisotopic (exact) mass is 221 g/mol. The van der Waals surface area contributed by atoms with Gasteiger partial charge in [0.15, 0.2) is 17.4 Å². The molecule has 1 rings (SSSR count). The molecule has 0 N–H and O–H groups in total. The highest BCUT2D eigenvalue weighted by Crippen LogP contribution is 2.22. The maximum absolute atomic E-state index is 12.0. The van der Waals surface area contributed by atoms with E-state index in [-0.39, 0.29) is 17.4 Å². The summed E-state index contributed by atoms with van der Waals surface area (Å²) >= 11 is 0. The zero-order valence-corrected chi connectivity index (χ0v) is 8.26. The first-order valence-electron chi connectivity index (χ1n) is 4.18. The molecule has 0 bridgehead atoms. The summed E-state index contributed by atoms with van der Waals surface area (Å²) in [6.07, 6.45) is -4.29. The zero-order chi connectivity index (χ0) is 11.6. The largest absolute Gasteiger partial charge is 0.437 e. The molecule has 1 aromatic rings. The molecule has 0 radical (unpaired) electrons. The minimum atomic E-state index is -4.29. The molecular formula is C9H10F3NO2. The highest BCUT2D eigenvalue weighted by atomic mass is 19.4. The van der Waals surface area contributed by atoms with Crippen LogP contribution in [0.5, 0.6) is 0 Å². The second-order valence-electron chi connectivity index (χ2n) is 3.17. The summed E-state index contributed by atoms with van der Waals surface area (Å²) in [4.78, 5) is 11.7. The molecule has 1 heterocycles. The predicted molar refractivity (Wildman–Crippen MR) is 48.0 cm³/mol. The Morgan fingerprint density at radius 3 is 2.47 bits per heavy atom. The van der Waals surface area contributed by atoms with Crippen molar-refractivity contribution in [3.05, 3.63) is 17.9 Å². The van der Waals surface area contributed by atoms with Crippen LogP contribution in [0.2, 0.25) is 0 Å². The molecule has 0 unspecified atom stereocenters. The predicted octanol–water partition coefficient (Wildman–Crippen LogP) is 2.48. The number of carbonyl (C=O) groups excluding carboxylic acids is 1. The summed E-state index contributed by atoms with van der Waals surface area (Å²) in [5.74, 6) is -0.238. The van der Waals surface area contributed by atoms with Crippen LogP contribution in [0.4, 0.5) is 19.1 Å². The molecule has 0 fully saturated rings. The number of Topliss-reactive ketones (excluding diaryl/α,β-unsaturated/α-hetero) is 1. The fraction of sp³-hybridized carbons (Fsp3) is 0.444. The molecular weight excluding hydrogens is 211 g/mol. The molecule has 0 aromatic carbocycles. The second-order valence-corrected chi connectivity index (χ2v) is 3.17. The number of alkyl halides is 3. The Balaban J connectivity index is 2.74. The lowest BCUT2D eigenvalue weighted by Crippen LogP contribution is -2.30. The van der Waals surface area contributed by atoms with Gasteiger partial charge in [0.05, 0.1) is 0 Å². The van der Waals surface area contributed by atoms with Crippen LogP contribution >= 0.6 is 0 Å². The molecule has 0 aliphatic heterocycles. The van der Waals surface area contributed by atoms with Crippen molar-refractivity contribution >= 4 is 11.7 Å². The van der Waals surface area contributed by atoms with Gasteiger partial charge in [-0.15, -0.1) is 0 Å². The number of carbonyl (C=O) groups is 1. The van der Waals surface area contributed by atoms with Crippen molar-refractivity contribution in [3.63, 3.8) is 0 Å². The van der Waals surface area contributed by atoms with Crippen molar-refractivity contribution in [2.45, 2.75) is 13.1 Å². The van der Waals surface area contributed by atoms with Crippen molar-refractivity contribution in [2.24, 2.45) is 0 Å². The standard InChI is InChI=1S/C9H10F3NO2/c1-6(14)7-3-4-8(15-7)13(2)5-9(10,11)12/h3-4H,5H2,1-2H3. The third kappa shape index (κ3) is 3.30. The van der Waals surface area contributed by atoms with Gasteiger partial charge < -0.3 is 9.32 Å². The number of hydrogen-bond acceptors (Lipinski definition) is 3. The number of rotatable bonds is 3. The van der Waals surface area contributed by atoms with Crippen molar-refractivity contribution in [3.8, 4) is 0 Å². The van der Waals surface area contributed by atoms with E-state index in [9.17, 15) is 18.0 Å². The molecule has 15 heavy (non-hydrogen) atoms. The Labute approximate surface area is 84.5 Å². The first-order chi connectivity index (χ1) is 6.79. The minimum Gasteiger partial charge on any atom is -0.437 e. The van der Waals surface area contributed by atoms with Gasteiger partial charge >= 0.3 is 6.18 Å². The van der Waals surface area contributed by atoms with E-state index >= 15 is 0 Å². The minimum absolute atomic E-state index is 0.0255. The third-order valence-electron chi connectivity index (χ3n) is 1.73. The van der Waals surface area contributed by atoms with Crippen molar-refractivity contribution < 1.29 is 22.4 Å². The van der Waals surface area contributed by atoms with E-state index in [2.05, 4.69) is 0 Å². The average Bonchev–Trinajstić information content (AvgIpc) is 2.47. The summed E-state index contributed by atoms with van der Waals surface area (Å²) in [6, 6.07) is 2.69. The van der Waals surface area contributed by atoms with Gasteiger partial charge in [-0.2, -0.15) is 13.2 Å². The second kappa shape index (κ2) is 3.96. The van der Waals surface area contributed by atoms with Crippen LogP contribution in [-0.2, 0) is 0 Å². The van der Waals surface area contributed by atoms with Gasteiger partial charge in [-0.25, -0.2) is 0 Å². The molecule has 0 aliphatic carbocycles. The molecule has 0 saturated heterocycles. The Bertz CT molecular complexity index is 356. The van der Waals surface area contributed by atoms with Gasteiger partial charge in [0, 0.05) is 20.0 Å². The van der Waals surface area contributed by atoms with Crippen LogP contribution in [0.25, 0.3) is 0 Å². The van der Waals surface area contributed by atoms with Gasteiger partial charge in [-0.1, -0.05) is 0 Å². The zero-order valence-electron chi connectivity index (χ0n) is 8.26. The van der Waals surface area contributed by atoms with Crippen molar-refractivity contribution in [1.82, 2.24) is 0 Å². The Morgan fingerprint density at radius 1 is 1.47 bits per heavy atom. The van der Waals surface area contributed by atoms with E-state index in [4.69, 9.17) is 4.42 Å². The first kappa shape index (κ1) is 11.6. The molecule has 1 aromatic heterocycles. The molecule has 0 saturated carbocycles. The Hall–Kier alpha value is -1.46. The number of anilines is 1. The third-order valence-corrected chi connectivity index (χ3v) is 1.73. The summed E-state index contributed by atoms with van der Waals surface area (Å²) in [6.45, 7) is 0.171. The molecule has 0 amide bonds. The Morgan fingerprint density at radius 2 is 2.07 bits per heavy atom. The van der Waals surface area contributed by atoms with Crippen molar-refractivity contribution in [2.75, 3.05) is 18.5 Å². The maximum atomic E-state index is 12.0. The molecule has 0 atom stereocenters. The van der Waals surface area contributed by atoms with Crippen LogP contribution in [-0.4, -0.2) is 25.6 Å². The summed E-state index contributed by atoms with van der Waals surface area (Å²) in [5.41, 5.74) is 0. The number of hydrogen-bond donors (Lipinski definition) is 0. The summed E-state index contributed by atoms with van der Waals surface area (Å²) in [7, 11) is 1.25. The number of nitrogens with zero attached hydrogens (tertiary/aromatic N) is 1. The number of ketones is 1. The van der Waals surface area contributed by atoms with Crippen LogP contribution in [0.1, 0.15) is 17.5 Å².